The van der Waals surface area contributed by atoms with Crippen LogP contribution < -0.4 is 0 Å². The zero-order chi connectivity index (χ0) is 36.0. The molecule has 2 saturated carbocycles. The first-order valence-corrected chi connectivity index (χ1v) is 21.5. The summed E-state index contributed by atoms with van der Waals surface area (Å²) < 4.78 is 0. The van der Waals surface area contributed by atoms with Crippen molar-refractivity contribution in [2.24, 2.45) is 0 Å². The molecule has 6 aliphatic rings. The van der Waals surface area contributed by atoms with Crippen molar-refractivity contribution < 1.29 is 15.6 Å². The van der Waals surface area contributed by atoms with Gasteiger partial charge >= 0.3 is 0 Å². The Morgan fingerprint density at radius 2 is 0.617 bits per heavy atom. The van der Waals surface area contributed by atoms with Crippen molar-refractivity contribution in [3.05, 3.63) is 12.2 Å². The molecule has 0 unspecified atom stereocenters. The maximum atomic E-state index is 9.80. The maximum absolute atomic E-state index is 9.80. The second-order valence-electron chi connectivity index (χ2n) is 18.1. The number of hydroxylamine groups is 6. The van der Waals surface area contributed by atoms with Crippen LogP contribution in [-0.2, 0) is 0 Å². The van der Waals surface area contributed by atoms with E-state index < -0.39 is 0 Å². The summed E-state index contributed by atoms with van der Waals surface area (Å²) in [5, 5.41) is 33.4. The lowest BCUT2D eigenvalue weighted by Gasteiger charge is -2.48. The second-order valence-corrected chi connectivity index (χ2v) is 20.8. The highest BCUT2D eigenvalue weighted by atomic mass is 33.1. The highest BCUT2D eigenvalue weighted by Crippen LogP contribution is 2.38. The van der Waals surface area contributed by atoms with Gasteiger partial charge in [0, 0.05) is 33.7 Å². The molecule has 280 valence electrons. The minimum atomic E-state index is -0.205. The summed E-state index contributed by atoms with van der Waals surface area (Å²) in [6.45, 7) is 24.6. The Morgan fingerprint density at radius 1 is 0.362 bits per heavy atom. The van der Waals surface area contributed by atoms with Gasteiger partial charge in [-0.2, -0.15) is 15.2 Å². The van der Waals surface area contributed by atoms with Crippen LogP contribution in [0.15, 0.2) is 12.2 Å². The van der Waals surface area contributed by atoms with Gasteiger partial charge in [-0.3, -0.25) is 0 Å². The molecule has 3 saturated heterocycles. The molecule has 6 rings (SSSR count). The van der Waals surface area contributed by atoms with Crippen LogP contribution in [0.1, 0.15) is 192 Å². The molecule has 0 amide bonds. The Balaban J connectivity index is 0.000000289. The summed E-state index contributed by atoms with van der Waals surface area (Å²) >= 11 is 0. The largest absolute Gasteiger partial charge is 0.313 e. The lowest BCUT2D eigenvalue weighted by Crippen LogP contribution is -2.56. The van der Waals surface area contributed by atoms with Crippen molar-refractivity contribution in [3.8, 4) is 0 Å². The van der Waals surface area contributed by atoms with Gasteiger partial charge in [-0.25, -0.2) is 0 Å². The summed E-state index contributed by atoms with van der Waals surface area (Å²) in [5.74, 6) is 2.76. The van der Waals surface area contributed by atoms with Gasteiger partial charge in [-0.15, -0.1) is 0 Å². The van der Waals surface area contributed by atoms with Gasteiger partial charge in [-0.05, 0) is 122 Å². The summed E-state index contributed by atoms with van der Waals surface area (Å²) in [4.78, 5) is 0. The summed E-state index contributed by atoms with van der Waals surface area (Å²) in [6.07, 6.45) is 27.5. The molecule has 0 aromatic heterocycles. The van der Waals surface area contributed by atoms with E-state index in [4.69, 9.17) is 0 Å². The van der Waals surface area contributed by atoms with E-state index >= 15 is 0 Å². The Labute approximate surface area is 300 Å². The Kier molecular flexibility index (Phi) is 19.5. The molecule has 0 atom stereocenters. The van der Waals surface area contributed by atoms with E-state index in [-0.39, 0.29) is 33.2 Å². The number of rotatable bonds is 0. The zero-order valence-electron chi connectivity index (χ0n) is 33.1. The summed E-state index contributed by atoms with van der Waals surface area (Å²) in [5.41, 5.74) is -0.538. The van der Waals surface area contributed by atoms with Crippen molar-refractivity contribution in [1.82, 2.24) is 15.2 Å². The molecule has 8 heteroatoms. The first-order chi connectivity index (χ1) is 21.6. The van der Waals surface area contributed by atoms with Crippen LogP contribution in [-0.4, -0.2) is 75.6 Å². The lowest BCUT2D eigenvalue weighted by atomic mass is 9.82. The smallest absolute Gasteiger partial charge is 0.0593 e. The average Bonchev–Trinajstić information content (AvgIpc) is 3.83. The monoisotopic (exact) mass is 702 g/mol. The lowest BCUT2D eigenvalue weighted by molar-refractivity contribution is -0.241. The maximum Gasteiger partial charge on any atom is 0.0593 e. The van der Waals surface area contributed by atoms with E-state index in [1.165, 1.54) is 110 Å². The SMILES string of the molecule is C1CCCC1.C1CCCCC1.C1CSSC1.CC1(C)C=CC(C)(C)N1O.CC1(C)CCC(C)(C)N1O.CC1(C)CCCC(C)(C)N1O. The normalized spacial score (nSPS) is 28.1. The van der Waals surface area contributed by atoms with Crippen molar-refractivity contribution in [1.29, 1.82) is 0 Å². The highest BCUT2D eigenvalue weighted by Gasteiger charge is 2.44. The number of piperidine rings is 1. The predicted molar refractivity (Wildman–Crippen MR) is 208 cm³/mol. The van der Waals surface area contributed by atoms with Crippen molar-refractivity contribution in [3.63, 3.8) is 0 Å². The van der Waals surface area contributed by atoms with Crippen LogP contribution in [0, 0.1) is 0 Å². The van der Waals surface area contributed by atoms with E-state index in [1.807, 2.05) is 61.4 Å². The molecule has 0 aromatic rings. The number of hydrogen-bond acceptors (Lipinski definition) is 8. The molecule has 6 nitrogen and oxygen atoms in total. The fourth-order valence-electron chi connectivity index (χ4n) is 7.16. The first kappa shape index (κ1) is 45.2. The average molecular weight is 702 g/mol. The molecule has 4 aliphatic heterocycles. The van der Waals surface area contributed by atoms with E-state index in [2.05, 4.69) is 55.4 Å². The predicted octanol–water partition coefficient (Wildman–Crippen LogP) is 12.3. The van der Waals surface area contributed by atoms with Gasteiger partial charge in [0.2, 0.25) is 0 Å². The van der Waals surface area contributed by atoms with Crippen LogP contribution in [0.5, 0.6) is 0 Å². The van der Waals surface area contributed by atoms with Crippen molar-refractivity contribution >= 4 is 21.6 Å². The van der Waals surface area contributed by atoms with Gasteiger partial charge < -0.3 is 15.6 Å². The molecule has 47 heavy (non-hydrogen) atoms. The third kappa shape index (κ3) is 16.4. The molecule has 0 radical (unpaired) electrons. The van der Waals surface area contributed by atoms with Crippen molar-refractivity contribution in [2.75, 3.05) is 11.5 Å². The molecule has 2 aliphatic carbocycles. The van der Waals surface area contributed by atoms with E-state index in [0.717, 1.165) is 25.7 Å². The van der Waals surface area contributed by atoms with Crippen LogP contribution in [0.25, 0.3) is 0 Å². The van der Waals surface area contributed by atoms with Gasteiger partial charge in [0.05, 0.1) is 11.1 Å². The quantitative estimate of drug-likeness (QED) is 0.170. The number of nitrogens with zero attached hydrogens (tertiary/aromatic N) is 3. The minimum absolute atomic E-state index is 0.0243. The fraction of sp³-hybridized carbons (Fsp3) is 0.949. The molecular weight excluding hydrogens is 623 g/mol. The topological polar surface area (TPSA) is 70.4 Å². The van der Waals surface area contributed by atoms with Crippen LogP contribution in [0.2, 0.25) is 0 Å². The molecule has 0 spiro atoms. The van der Waals surface area contributed by atoms with E-state index in [0.29, 0.717) is 0 Å². The second kappa shape index (κ2) is 20.3. The van der Waals surface area contributed by atoms with Gasteiger partial charge in [0.15, 0.2) is 0 Å². The van der Waals surface area contributed by atoms with Crippen LogP contribution >= 0.6 is 21.6 Å². The summed E-state index contributed by atoms with van der Waals surface area (Å²) in [7, 11) is 3.98. The van der Waals surface area contributed by atoms with Crippen molar-refractivity contribution in [2.45, 2.75) is 225 Å². The van der Waals surface area contributed by atoms with E-state index in [9.17, 15) is 15.6 Å². The van der Waals surface area contributed by atoms with E-state index in [1.54, 1.807) is 0 Å². The Bertz CT molecular complexity index is 790. The molecule has 0 bridgehead atoms. The zero-order valence-corrected chi connectivity index (χ0v) is 34.7. The molecular formula is C39H79N3O3S2. The minimum Gasteiger partial charge on any atom is -0.313 e. The standard InChI is InChI=1S/C9H19NO.C8H17NO.C8H15NO.C6H12.C5H10.C3H6S2/c1-8(2)6-5-7-9(3,4)10(8)11;2*1-7(2)5-6-8(3,4)9(7)10;1-2-4-6-5-3-1;2*1-2-4-5-3-1/h11H,5-7H2,1-4H3;10H,5-6H2,1-4H3;5-6,10H,1-4H3;1-6H2;1-5H2;1-3H2. The molecule has 5 fully saturated rings. The van der Waals surface area contributed by atoms with Gasteiger partial charge in [0.25, 0.3) is 0 Å². The third-order valence-electron chi connectivity index (χ3n) is 10.5. The molecule has 3 N–H and O–H groups in total. The van der Waals surface area contributed by atoms with Gasteiger partial charge in [0.1, 0.15) is 0 Å². The Morgan fingerprint density at radius 3 is 0.766 bits per heavy atom. The summed E-state index contributed by atoms with van der Waals surface area (Å²) in [6, 6.07) is 0. The number of hydrogen-bond donors (Lipinski definition) is 3. The van der Waals surface area contributed by atoms with Gasteiger partial charge in [-0.1, -0.05) is 104 Å². The third-order valence-corrected chi connectivity index (χ3v) is 13.1. The molecule has 4 heterocycles. The highest BCUT2D eigenvalue weighted by molar-refractivity contribution is 8.77. The molecule has 0 aromatic carbocycles. The van der Waals surface area contributed by atoms with Crippen LogP contribution in [0.3, 0.4) is 0 Å². The van der Waals surface area contributed by atoms with Crippen LogP contribution in [0.4, 0.5) is 0 Å². The first-order valence-electron chi connectivity index (χ1n) is 19.0. The fourth-order valence-corrected chi connectivity index (χ4v) is 9.52. The Hall–Kier alpha value is 0.200.